The van der Waals surface area contributed by atoms with Crippen molar-refractivity contribution in [1.29, 1.82) is 0 Å². The summed E-state index contributed by atoms with van der Waals surface area (Å²) in [5.74, 6) is 2.23. The van der Waals surface area contributed by atoms with Gasteiger partial charge in [0.15, 0.2) is 5.96 Å². The standard InChI is InChI=1S/C26H38N4O2.HI/c1-5-27-26(28-15-21-7-9-22(10-8-21)17-30(3)4)29-16-24-11-6-20(2)14-25(24)32-19-23-12-13-31-18-23;/h6-11,14,23H,5,12-13,15-19H2,1-4H3,(H2,27,28,29);1H. The molecule has 33 heavy (non-hydrogen) atoms. The molecule has 0 saturated carbocycles. The second-order valence-corrected chi connectivity index (χ2v) is 8.75. The zero-order valence-corrected chi connectivity index (χ0v) is 22.7. The molecule has 3 rings (SSSR count). The van der Waals surface area contributed by atoms with Crippen molar-refractivity contribution >= 4 is 29.9 Å². The third kappa shape index (κ3) is 9.51. The molecule has 182 valence electrons. The van der Waals surface area contributed by atoms with E-state index in [2.05, 4.69) is 85.9 Å². The van der Waals surface area contributed by atoms with E-state index in [0.29, 0.717) is 25.6 Å². The van der Waals surface area contributed by atoms with Crippen LogP contribution in [0.4, 0.5) is 0 Å². The van der Waals surface area contributed by atoms with Gasteiger partial charge in [0.25, 0.3) is 0 Å². The average molecular weight is 567 g/mol. The first kappa shape index (κ1) is 27.4. The molecule has 1 heterocycles. The Morgan fingerprint density at radius 2 is 1.88 bits per heavy atom. The minimum atomic E-state index is 0. The predicted octanol–water partition coefficient (Wildman–Crippen LogP) is 4.35. The molecule has 1 atom stereocenters. The quantitative estimate of drug-likeness (QED) is 0.255. The maximum Gasteiger partial charge on any atom is 0.191 e. The van der Waals surface area contributed by atoms with Gasteiger partial charge in [0, 0.05) is 37.7 Å². The Hall–Kier alpha value is -1.84. The highest BCUT2D eigenvalue weighted by molar-refractivity contribution is 14.0. The number of rotatable bonds is 10. The van der Waals surface area contributed by atoms with Crippen LogP contribution in [0.5, 0.6) is 5.75 Å². The van der Waals surface area contributed by atoms with Crippen molar-refractivity contribution in [3.05, 3.63) is 64.7 Å². The van der Waals surface area contributed by atoms with Gasteiger partial charge in [0.05, 0.1) is 19.8 Å². The molecule has 0 aromatic heterocycles. The second kappa shape index (κ2) is 14.4. The summed E-state index contributed by atoms with van der Waals surface area (Å²) in [4.78, 5) is 6.94. The highest BCUT2D eigenvalue weighted by Crippen LogP contribution is 2.22. The fourth-order valence-electron chi connectivity index (χ4n) is 3.67. The van der Waals surface area contributed by atoms with E-state index >= 15 is 0 Å². The van der Waals surface area contributed by atoms with Crippen molar-refractivity contribution in [2.75, 3.05) is 40.5 Å². The smallest absolute Gasteiger partial charge is 0.191 e. The Morgan fingerprint density at radius 1 is 1.12 bits per heavy atom. The third-order valence-corrected chi connectivity index (χ3v) is 5.45. The number of benzene rings is 2. The molecule has 2 aromatic carbocycles. The molecule has 6 nitrogen and oxygen atoms in total. The van der Waals surface area contributed by atoms with Gasteiger partial charge in [-0.05, 0) is 57.1 Å². The van der Waals surface area contributed by atoms with Crippen LogP contribution in [-0.4, -0.2) is 51.3 Å². The van der Waals surface area contributed by atoms with E-state index in [1.165, 1.54) is 16.7 Å². The normalized spacial score (nSPS) is 15.9. The molecule has 0 bridgehead atoms. The van der Waals surface area contributed by atoms with E-state index in [4.69, 9.17) is 14.5 Å². The van der Waals surface area contributed by atoms with Crippen molar-refractivity contribution in [2.24, 2.45) is 10.9 Å². The van der Waals surface area contributed by atoms with Gasteiger partial charge in [-0.2, -0.15) is 0 Å². The fourth-order valence-corrected chi connectivity index (χ4v) is 3.67. The van der Waals surface area contributed by atoms with Crippen LogP contribution in [0.1, 0.15) is 35.6 Å². The summed E-state index contributed by atoms with van der Waals surface area (Å²) in [6.45, 7) is 9.57. The number of hydrogen-bond acceptors (Lipinski definition) is 4. The van der Waals surface area contributed by atoms with Crippen molar-refractivity contribution < 1.29 is 9.47 Å². The van der Waals surface area contributed by atoms with Crippen LogP contribution in [0.15, 0.2) is 47.5 Å². The van der Waals surface area contributed by atoms with E-state index in [1.54, 1.807) is 0 Å². The predicted molar refractivity (Wildman–Crippen MR) is 147 cm³/mol. The Morgan fingerprint density at radius 3 is 2.55 bits per heavy atom. The highest BCUT2D eigenvalue weighted by Gasteiger charge is 2.17. The van der Waals surface area contributed by atoms with Crippen LogP contribution in [0, 0.1) is 12.8 Å². The second-order valence-electron chi connectivity index (χ2n) is 8.75. The van der Waals surface area contributed by atoms with Gasteiger partial charge in [0.2, 0.25) is 0 Å². The number of aryl methyl sites for hydroxylation is 1. The topological polar surface area (TPSA) is 58.1 Å². The third-order valence-electron chi connectivity index (χ3n) is 5.45. The SMILES string of the molecule is CCNC(=NCc1ccc(CN(C)C)cc1)NCc1ccc(C)cc1OCC1CCOC1.I. The van der Waals surface area contributed by atoms with Gasteiger partial charge in [-0.3, -0.25) is 0 Å². The van der Waals surface area contributed by atoms with Gasteiger partial charge in [-0.1, -0.05) is 36.4 Å². The van der Waals surface area contributed by atoms with Crippen molar-refractivity contribution in [2.45, 2.75) is 39.9 Å². The molecule has 7 heteroatoms. The molecule has 1 saturated heterocycles. The number of nitrogens with one attached hydrogen (secondary N) is 2. The summed E-state index contributed by atoms with van der Waals surface area (Å²) in [7, 11) is 4.17. The lowest BCUT2D eigenvalue weighted by Gasteiger charge is -2.17. The number of ether oxygens (including phenoxy) is 2. The number of guanidine groups is 1. The lowest BCUT2D eigenvalue weighted by molar-refractivity contribution is 0.166. The van der Waals surface area contributed by atoms with Crippen LogP contribution < -0.4 is 15.4 Å². The van der Waals surface area contributed by atoms with Gasteiger partial charge < -0.3 is 25.0 Å². The van der Waals surface area contributed by atoms with Crippen LogP contribution in [0.25, 0.3) is 0 Å². The number of hydrogen-bond donors (Lipinski definition) is 2. The van der Waals surface area contributed by atoms with Gasteiger partial charge in [0.1, 0.15) is 5.75 Å². The molecule has 2 aromatic rings. The molecule has 1 aliphatic heterocycles. The fraction of sp³-hybridized carbons (Fsp3) is 0.500. The van der Waals surface area contributed by atoms with Crippen LogP contribution >= 0.6 is 24.0 Å². The molecule has 0 amide bonds. The Bertz CT molecular complexity index is 865. The first-order valence-electron chi connectivity index (χ1n) is 11.6. The van der Waals surface area contributed by atoms with Crippen molar-refractivity contribution in [3.63, 3.8) is 0 Å². The van der Waals surface area contributed by atoms with Crippen LogP contribution in [-0.2, 0) is 24.4 Å². The molecule has 0 spiro atoms. The summed E-state index contributed by atoms with van der Waals surface area (Å²) in [6, 6.07) is 15.0. The number of aliphatic imine (C=N–C) groups is 1. The molecule has 0 radical (unpaired) electrons. The minimum Gasteiger partial charge on any atom is -0.493 e. The largest absolute Gasteiger partial charge is 0.493 e. The highest BCUT2D eigenvalue weighted by atomic mass is 127. The lowest BCUT2D eigenvalue weighted by atomic mass is 10.1. The van der Waals surface area contributed by atoms with E-state index in [0.717, 1.165) is 50.0 Å². The van der Waals surface area contributed by atoms with E-state index in [9.17, 15) is 0 Å². The van der Waals surface area contributed by atoms with E-state index in [1.807, 2.05) is 0 Å². The summed E-state index contributed by atoms with van der Waals surface area (Å²) >= 11 is 0. The summed E-state index contributed by atoms with van der Waals surface area (Å²) in [5.41, 5.74) is 4.84. The van der Waals surface area contributed by atoms with Gasteiger partial charge >= 0.3 is 0 Å². The molecular formula is C26H39IN4O2. The number of halogens is 1. The molecule has 1 fully saturated rings. The van der Waals surface area contributed by atoms with Gasteiger partial charge in [-0.25, -0.2) is 4.99 Å². The summed E-state index contributed by atoms with van der Waals surface area (Å²) in [6.07, 6.45) is 1.08. The van der Waals surface area contributed by atoms with Crippen molar-refractivity contribution in [1.82, 2.24) is 15.5 Å². The summed E-state index contributed by atoms with van der Waals surface area (Å²) in [5, 5.41) is 6.80. The lowest BCUT2D eigenvalue weighted by Crippen LogP contribution is -2.36. The molecule has 1 aliphatic rings. The maximum absolute atomic E-state index is 6.18. The molecule has 2 N–H and O–H groups in total. The average Bonchev–Trinajstić information content (AvgIpc) is 3.29. The van der Waals surface area contributed by atoms with Crippen LogP contribution in [0.2, 0.25) is 0 Å². The molecule has 1 unspecified atom stereocenters. The maximum atomic E-state index is 6.18. The zero-order chi connectivity index (χ0) is 22.8. The van der Waals surface area contributed by atoms with E-state index in [-0.39, 0.29) is 24.0 Å². The monoisotopic (exact) mass is 566 g/mol. The molecule has 0 aliphatic carbocycles. The van der Waals surface area contributed by atoms with Crippen LogP contribution in [0.3, 0.4) is 0 Å². The first-order valence-corrected chi connectivity index (χ1v) is 11.6. The van der Waals surface area contributed by atoms with E-state index < -0.39 is 0 Å². The van der Waals surface area contributed by atoms with Gasteiger partial charge in [-0.15, -0.1) is 24.0 Å². The minimum absolute atomic E-state index is 0. The number of nitrogens with zero attached hydrogens (tertiary/aromatic N) is 2. The summed E-state index contributed by atoms with van der Waals surface area (Å²) < 4.78 is 11.7. The Kier molecular flexibility index (Phi) is 12.0. The Labute approximate surface area is 216 Å². The first-order chi connectivity index (χ1) is 15.5. The Balaban J connectivity index is 0.00000385. The van der Waals surface area contributed by atoms with Crippen molar-refractivity contribution in [3.8, 4) is 5.75 Å². The zero-order valence-electron chi connectivity index (χ0n) is 20.4. The molecular weight excluding hydrogens is 527 g/mol.